The molecule has 20 heavy (non-hydrogen) atoms. The smallest absolute Gasteiger partial charge is 0.312 e. The molecule has 0 spiro atoms. The zero-order valence-corrected chi connectivity index (χ0v) is 12.1. The van der Waals surface area contributed by atoms with Crippen molar-refractivity contribution in [2.24, 2.45) is 0 Å². The summed E-state index contributed by atoms with van der Waals surface area (Å²) in [6.45, 7) is 7.48. The van der Waals surface area contributed by atoms with E-state index in [9.17, 15) is 14.4 Å². The number of hydrogen-bond acceptors (Lipinski definition) is 4. The molecule has 7 heteroatoms. The van der Waals surface area contributed by atoms with Crippen LogP contribution in [0.25, 0.3) is 0 Å². The average Bonchev–Trinajstić information content (AvgIpc) is 2.44. The van der Waals surface area contributed by atoms with Gasteiger partial charge in [0, 0.05) is 45.3 Å². The van der Waals surface area contributed by atoms with Crippen LogP contribution in [0.3, 0.4) is 0 Å². The van der Waals surface area contributed by atoms with Gasteiger partial charge in [0.1, 0.15) is 6.54 Å². The number of carbonyl (C=O) groups is 3. The van der Waals surface area contributed by atoms with E-state index in [1.165, 1.54) is 9.80 Å². The van der Waals surface area contributed by atoms with Crippen molar-refractivity contribution < 1.29 is 14.4 Å². The van der Waals surface area contributed by atoms with Crippen LogP contribution in [0.5, 0.6) is 0 Å². The van der Waals surface area contributed by atoms with E-state index >= 15 is 0 Å². The molecule has 0 aromatic carbocycles. The number of piperazine rings is 2. The van der Waals surface area contributed by atoms with Gasteiger partial charge in [0.05, 0.1) is 0 Å². The molecule has 2 saturated heterocycles. The highest BCUT2D eigenvalue weighted by Crippen LogP contribution is 2.08. The maximum absolute atomic E-state index is 12.3. The molecular formula is C13H22N4O3. The molecule has 0 radical (unpaired) electrons. The summed E-state index contributed by atoms with van der Waals surface area (Å²) in [6, 6.07) is 0.124. The highest BCUT2D eigenvalue weighted by Gasteiger charge is 2.34. The summed E-state index contributed by atoms with van der Waals surface area (Å²) in [6.07, 6.45) is 0. The van der Waals surface area contributed by atoms with Crippen LogP contribution in [0.4, 0.5) is 0 Å². The van der Waals surface area contributed by atoms with E-state index in [2.05, 4.69) is 5.32 Å². The predicted octanol–water partition coefficient (Wildman–Crippen LogP) is -1.50. The molecule has 2 heterocycles. The molecule has 112 valence electrons. The second kappa shape index (κ2) is 6.21. The van der Waals surface area contributed by atoms with Gasteiger partial charge in [-0.05, 0) is 13.8 Å². The lowest BCUT2D eigenvalue weighted by molar-refractivity contribution is -0.157. The molecule has 0 saturated carbocycles. The average molecular weight is 282 g/mol. The summed E-state index contributed by atoms with van der Waals surface area (Å²) in [4.78, 5) is 40.6. The van der Waals surface area contributed by atoms with Crippen molar-refractivity contribution in [1.29, 1.82) is 0 Å². The fraction of sp³-hybridized carbons (Fsp3) is 0.769. The number of rotatable bonds is 3. The molecule has 2 fully saturated rings. The minimum Gasteiger partial charge on any atom is -0.336 e. The van der Waals surface area contributed by atoms with Crippen LogP contribution >= 0.6 is 0 Å². The number of nitrogens with zero attached hydrogens (tertiary/aromatic N) is 3. The first kappa shape index (κ1) is 14.8. The molecule has 0 aliphatic carbocycles. The topological polar surface area (TPSA) is 73.0 Å². The number of carbonyl (C=O) groups excluding carboxylic acids is 3. The Kier molecular flexibility index (Phi) is 4.59. The Labute approximate surface area is 118 Å². The van der Waals surface area contributed by atoms with Crippen LogP contribution in [-0.4, -0.2) is 84.3 Å². The van der Waals surface area contributed by atoms with Crippen molar-refractivity contribution in [3.8, 4) is 0 Å². The van der Waals surface area contributed by atoms with Crippen LogP contribution in [0.2, 0.25) is 0 Å². The quantitative estimate of drug-likeness (QED) is 0.639. The van der Waals surface area contributed by atoms with Crippen LogP contribution in [0, 0.1) is 0 Å². The maximum atomic E-state index is 12.3. The van der Waals surface area contributed by atoms with Gasteiger partial charge in [-0.1, -0.05) is 0 Å². The molecule has 1 atom stereocenters. The molecule has 7 nitrogen and oxygen atoms in total. The molecule has 3 amide bonds. The van der Waals surface area contributed by atoms with Crippen molar-refractivity contribution in [3.63, 3.8) is 0 Å². The molecule has 0 aromatic heterocycles. The SMILES string of the molecule is CCN1CCN(CC(=O)N2CCNC[C@H]2C)C(=O)C1=O. The minimum absolute atomic E-state index is 0.00642. The molecule has 0 unspecified atom stereocenters. The third-order valence-corrected chi connectivity index (χ3v) is 3.93. The van der Waals surface area contributed by atoms with E-state index in [1.54, 1.807) is 4.90 Å². The van der Waals surface area contributed by atoms with Crippen LogP contribution < -0.4 is 5.32 Å². The van der Waals surface area contributed by atoms with Gasteiger partial charge in [-0.15, -0.1) is 0 Å². The zero-order valence-electron chi connectivity index (χ0n) is 12.1. The van der Waals surface area contributed by atoms with Crippen molar-refractivity contribution in [2.75, 3.05) is 45.8 Å². The number of amides is 3. The molecule has 2 rings (SSSR count). The summed E-state index contributed by atoms with van der Waals surface area (Å²) in [7, 11) is 0. The van der Waals surface area contributed by atoms with E-state index in [0.717, 1.165) is 13.1 Å². The van der Waals surface area contributed by atoms with Gasteiger partial charge in [-0.2, -0.15) is 0 Å². The monoisotopic (exact) mass is 282 g/mol. The first-order chi connectivity index (χ1) is 9.54. The lowest BCUT2D eigenvalue weighted by Gasteiger charge is -2.37. The Morgan fingerprint density at radius 1 is 1.20 bits per heavy atom. The van der Waals surface area contributed by atoms with Gasteiger partial charge in [-0.25, -0.2) is 0 Å². The largest absolute Gasteiger partial charge is 0.336 e. The Morgan fingerprint density at radius 3 is 2.50 bits per heavy atom. The van der Waals surface area contributed by atoms with Crippen molar-refractivity contribution in [2.45, 2.75) is 19.9 Å². The van der Waals surface area contributed by atoms with E-state index in [4.69, 9.17) is 0 Å². The van der Waals surface area contributed by atoms with Crippen molar-refractivity contribution in [1.82, 2.24) is 20.0 Å². The van der Waals surface area contributed by atoms with Crippen LogP contribution in [0.1, 0.15) is 13.8 Å². The lowest BCUT2D eigenvalue weighted by atomic mass is 10.2. The Hall–Kier alpha value is -1.63. The first-order valence-corrected chi connectivity index (χ1v) is 7.13. The summed E-state index contributed by atoms with van der Waals surface area (Å²) < 4.78 is 0. The Morgan fingerprint density at radius 2 is 1.85 bits per heavy atom. The van der Waals surface area contributed by atoms with E-state index in [0.29, 0.717) is 26.2 Å². The molecular weight excluding hydrogens is 260 g/mol. The number of likely N-dealkylation sites (N-methyl/N-ethyl adjacent to an activating group) is 1. The third kappa shape index (κ3) is 2.92. The van der Waals surface area contributed by atoms with E-state index in [-0.39, 0.29) is 18.5 Å². The highest BCUT2D eigenvalue weighted by molar-refractivity contribution is 6.35. The van der Waals surface area contributed by atoms with Gasteiger partial charge < -0.3 is 20.0 Å². The molecule has 0 aromatic rings. The molecule has 1 N–H and O–H groups in total. The maximum Gasteiger partial charge on any atom is 0.312 e. The van der Waals surface area contributed by atoms with Gasteiger partial charge in [0.25, 0.3) is 0 Å². The summed E-state index contributed by atoms with van der Waals surface area (Å²) in [5, 5.41) is 3.22. The second-order valence-electron chi connectivity index (χ2n) is 5.25. The number of nitrogens with one attached hydrogen (secondary N) is 1. The van der Waals surface area contributed by atoms with Gasteiger partial charge in [0.2, 0.25) is 5.91 Å². The predicted molar refractivity (Wildman–Crippen MR) is 72.9 cm³/mol. The highest BCUT2D eigenvalue weighted by atomic mass is 16.2. The lowest BCUT2D eigenvalue weighted by Crippen LogP contribution is -2.59. The minimum atomic E-state index is -0.561. The summed E-state index contributed by atoms with van der Waals surface area (Å²) in [5.41, 5.74) is 0. The fourth-order valence-corrected chi connectivity index (χ4v) is 2.63. The Balaban J connectivity index is 1.94. The molecule has 2 aliphatic heterocycles. The second-order valence-corrected chi connectivity index (χ2v) is 5.25. The summed E-state index contributed by atoms with van der Waals surface area (Å²) >= 11 is 0. The van der Waals surface area contributed by atoms with Crippen molar-refractivity contribution in [3.05, 3.63) is 0 Å². The normalized spacial score (nSPS) is 24.3. The van der Waals surface area contributed by atoms with Gasteiger partial charge in [-0.3, -0.25) is 14.4 Å². The standard InChI is InChI=1S/C13H22N4O3/c1-3-15-6-7-16(13(20)12(15)19)9-11(18)17-5-4-14-8-10(17)2/h10,14H,3-9H2,1-2H3/t10-/m1/s1. The number of hydrogen-bond donors (Lipinski definition) is 1. The van der Waals surface area contributed by atoms with E-state index in [1.807, 2.05) is 13.8 Å². The van der Waals surface area contributed by atoms with Gasteiger partial charge in [0.15, 0.2) is 0 Å². The van der Waals surface area contributed by atoms with Crippen LogP contribution in [-0.2, 0) is 14.4 Å². The third-order valence-electron chi connectivity index (χ3n) is 3.93. The molecule has 2 aliphatic rings. The van der Waals surface area contributed by atoms with Crippen molar-refractivity contribution >= 4 is 17.7 Å². The van der Waals surface area contributed by atoms with Gasteiger partial charge >= 0.3 is 11.8 Å². The van der Waals surface area contributed by atoms with E-state index < -0.39 is 11.8 Å². The zero-order chi connectivity index (χ0) is 14.7. The Bertz CT molecular complexity index is 412. The first-order valence-electron chi connectivity index (χ1n) is 7.13. The fourth-order valence-electron chi connectivity index (χ4n) is 2.63. The molecule has 0 bridgehead atoms. The van der Waals surface area contributed by atoms with Crippen LogP contribution in [0.15, 0.2) is 0 Å². The summed E-state index contributed by atoms with van der Waals surface area (Å²) in [5.74, 6) is -1.14.